The average molecular weight is 672 g/mol. The molecule has 0 aromatic heterocycles. The fourth-order valence-electron chi connectivity index (χ4n) is 7.04. The third-order valence-electron chi connectivity index (χ3n) is 8.94. The number of alkyl halides is 3. The number of amides is 4. The molecule has 4 amide bonds. The molecule has 0 unspecified atom stereocenters. The zero-order valence-electron chi connectivity index (χ0n) is 22.1. The van der Waals surface area contributed by atoms with Gasteiger partial charge in [0.05, 0.1) is 24.4 Å². The molecular formula is C28H29BrCl2N2O8. The summed E-state index contributed by atoms with van der Waals surface area (Å²) in [5, 5.41) is 20.0. The summed E-state index contributed by atoms with van der Waals surface area (Å²) in [6.07, 6.45) is 3.32. The highest BCUT2D eigenvalue weighted by molar-refractivity contribution is 9.09. The largest absolute Gasteiger partial charge is 0.504 e. The van der Waals surface area contributed by atoms with E-state index in [2.05, 4.69) is 15.9 Å². The van der Waals surface area contributed by atoms with E-state index in [-0.39, 0.29) is 60.1 Å². The molecule has 2 saturated heterocycles. The minimum atomic E-state index is -2.02. The zero-order valence-corrected chi connectivity index (χ0v) is 25.2. The number of nitrogens with zero attached hydrogens (tertiary/aromatic N) is 2. The van der Waals surface area contributed by atoms with Crippen LogP contribution >= 0.6 is 39.1 Å². The fraction of sp³-hybridized carbons (Fsp3) is 0.536. The predicted octanol–water partition coefficient (Wildman–Crippen LogP) is 3.76. The van der Waals surface area contributed by atoms with Crippen LogP contribution in [0.2, 0.25) is 0 Å². The lowest BCUT2D eigenvalue weighted by Gasteiger charge is -2.50. The number of imide groups is 2. The Hall–Kier alpha value is -2.63. The van der Waals surface area contributed by atoms with Gasteiger partial charge in [-0.15, -0.1) is 23.2 Å². The highest BCUT2D eigenvalue weighted by Gasteiger charge is 2.76. The standard InChI is InChI=1S/C28H29BrCl2N2O8/c1-41-18-7-5-6-16(22(18)36)21-14-9-10-15-20(24(38)32(23(15)37)11-4-2-3-8-19(34)35)17(14)12-27(30)25(39)33(13-29)26(40)28(21,27)31/h5-7,9,15,17,20-21,36H,2-4,8,10-13H2,1H3,(H,34,35)/t15-,17+,20-,21+,27+,28-/m0/s1. The second-order valence-electron chi connectivity index (χ2n) is 10.9. The summed E-state index contributed by atoms with van der Waals surface area (Å²) in [4.78, 5) is 63.6. The molecule has 2 aliphatic carbocycles. The Morgan fingerprint density at radius 3 is 2.46 bits per heavy atom. The van der Waals surface area contributed by atoms with Gasteiger partial charge in [0.15, 0.2) is 21.2 Å². The van der Waals surface area contributed by atoms with Gasteiger partial charge in [-0.2, -0.15) is 0 Å². The van der Waals surface area contributed by atoms with Crippen molar-refractivity contribution in [3.63, 3.8) is 0 Å². The van der Waals surface area contributed by atoms with Crippen LogP contribution in [-0.4, -0.2) is 78.5 Å². The Kier molecular flexibility index (Phi) is 7.93. The number of methoxy groups -OCH3 is 1. The summed E-state index contributed by atoms with van der Waals surface area (Å²) in [6, 6.07) is 4.75. The number of phenolic OH excluding ortho intramolecular Hbond substituents is 1. The maximum atomic E-state index is 13.8. The number of halogens is 3. The molecule has 220 valence electrons. The van der Waals surface area contributed by atoms with E-state index in [4.69, 9.17) is 33.0 Å². The monoisotopic (exact) mass is 670 g/mol. The number of carboxylic acids is 1. The lowest BCUT2D eigenvalue weighted by molar-refractivity contribution is -0.141. The number of allylic oxidation sites excluding steroid dienone is 2. The molecule has 6 atom stereocenters. The van der Waals surface area contributed by atoms with E-state index in [9.17, 15) is 29.1 Å². The van der Waals surface area contributed by atoms with Crippen LogP contribution in [-0.2, 0) is 24.0 Å². The van der Waals surface area contributed by atoms with Crippen LogP contribution in [0.1, 0.15) is 50.0 Å². The van der Waals surface area contributed by atoms with Crippen LogP contribution in [0.4, 0.5) is 0 Å². The molecule has 5 rings (SSSR count). The highest BCUT2D eigenvalue weighted by Crippen LogP contribution is 2.66. The van der Waals surface area contributed by atoms with Gasteiger partial charge in [0, 0.05) is 24.4 Å². The van der Waals surface area contributed by atoms with E-state index < -0.39 is 51.2 Å². The molecule has 1 aromatic rings. The number of carbonyl (C=O) groups is 5. The van der Waals surface area contributed by atoms with Gasteiger partial charge in [0.1, 0.15) is 0 Å². The van der Waals surface area contributed by atoms with Gasteiger partial charge in [-0.25, -0.2) is 0 Å². The van der Waals surface area contributed by atoms with Crippen LogP contribution in [0, 0.1) is 17.8 Å². The minimum Gasteiger partial charge on any atom is -0.504 e. The Morgan fingerprint density at radius 1 is 1.07 bits per heavy atom. The van der Waals surface area contributed by atoms with Gasteiger partial charge in [0.25, 0.3) is 11.8 Å². The van der Waals surface area contributed by atoms with Crippen LogP contribution in [0.25, 0.3) is 0 Å². The molecule has 3 fully saturated rings. The number of carbonyl (C=O) groups excluding carboxylic acids is 4. The number of phenols is 1. The normalized spacial score (nSPS) is 32.5. The molecule has 2 aliphatic heterocycles. The summed E-state index contributed by atoms with van der Waals surface area (Å²) in [7, 11) is 1.38. The van der Waals surface area contributed by atoms with Crippen LogP contribution in [0.3, 0.4) is 0 Å². The Balaban J connectivity index is 1.56. The summed E-state index contributed by atoms with van der Waals surface area (Å²) in [5.74, 6) is -6.47. The van der Waals surface area contributed by atoms with Crippen LogP contribution < -0.4 is 4.74 Å². The number of ether oxygens (including phenoxy) is 1. The number of unbranched alkanes of at least 4 members (excludes halogenated alkanes) is 2. The number of benzene rings is 1. The maximum Gasteiger partial charge on any atom is 0.303 e. The maximum absolute atomic E-state index is 13.8. The van der Waals surface area contributed by atoms with Gasteiger partial charge in [-0.1, -0.05) is 46.1 Å². The third-order valence-corrected chi connectivity index (χ3v) is 10.9. The van der Waals surface area contributed by atoms with Gasteiger partial charge < -0.3 is 14.9 Å². The first-order valence-electron chi connectivity index (χ1n) is 13.4. The minimum absolute atomic E-state index is 0.0111. The number of aromatic hydroxyl groups is 1. The van der Waals surface area contributed by atoms with E-state index in [1.807, 2.05) is 0 Å². The first-order valence-corrected chi connectivity index (χ1v) is 15.2. The second kappa shape index (κ2) is 10.9. The number of rotatable bonds is 9. The van der Waals surface area contributed by atoms with Crippen molar-refractivity contribution >= 4 is 68.7 Å². The van der Waals surface area contributed by atoms with Crippen molar-refractivity contribution in [1.29, 1.82) is 0 Å². The SMILES string of the molecule is COc1cccc([C@H]2C3=CC[C@@H]4C(=O)N(CCCCCC(=O)O)C(=O)[C@@H]4[C@@H]3C[C@@]3(Cl)C(=O)N(CBr)C(=O)[C@@]23Cl)c1O. The van der Waals surface area contributed by atoms with E-state index in [0.717, 1.165) is 4.90 Å². The van der Waals surface area contributed by atoms with Crippen LogP contribution in [0.15, 0.2) is 29.8 Å². The quantitative estimate of drug-likeness (QED) is 0.133. The number of carboxylic acid groups (broad SMARTS) is 1. The van der Waals surface area contributed by atoms with Crippen LogP contribution in [0.5, 0.6) is 11.5 Å². The molecule has 1 aromatic carbocycles. The predicted molar refractivity (Wildman–Crippen MR) is 151 cm³/mol. The number of fused-ring (bicyclic) bond motifs is 4. The van der Waals surface area contributed by atoms with E-state index in [1.54, 1.807) is 24.3 Å². The molecule has 0 spiro atoms. The van der Waals surface area contributed by atoms with Gasteiger partial charge in [0.2, 0.25) is 11.8 Å². The molecular weight excluding hydrogens is 643 g/mol. The van der Waals surface area contributed by atoms with Gasteiger partial charge >= 0.3 is 5.97 Å². The van der Waals surface area contributed by atoms with E-state index in [0.29, 0.717) is 24.8 Å². The van der Waals surface area contributed by atoms with Crippen molar-refractivity contribution in [3.05, 3.63) is 35.4 Å². The number of aliphatic carboxylic acids is 1. The van der Waals surface area contributed by atoms with E-state index >= 15 is 0 Å². The van der Waals surface area contributed by atoms with E-state index in [1.165, 1.54) is 12.0 Å². The molecule has 13 heteroatoms. The Bertz CT molecular complexity index is 1370. The first-order chi connectivity index (χ1) is 19.4. The van der Waals surface area contributed by atoms with Crippen molar-refractivity contribution in [2.75, 3.05) is 19.1 Å². The topological polar surface area (TPSA) is 142 Å². The Labute approximate surface area is 254 Å². The lowest BCUT2D eigenvalue weighted by Crippen LogP contribution is -2.60. The summed E-state index contributed by atoms with van der Waals surface area (Å²) >= 11 is 17.5. The molecule has 0 radical (unpaired) electrons. The molecule has 41 heavy (non-hydrogen) atoms. The highest BCUT2D eigenvalue weighted by atomic mass is 79.9. The Morgan fingerprint density at radius 2 is 1.80 bits per heavy atom. The number of hydrogen-bond donors (Lipinski definition) is 2. The summed E-state index contributed by atoms with van der Waals surface area (Å²) in [5.41, 5.74) is 0.652. The molecule has 2 heterocycles. The lowest BCUT2D eigenvalue weighted by atomic mass is 9.56. The smallest absolute Gasteiger partial charge is 0.303 e. The van der Waals surface area contributed by atoms with Crippen molar-refractivity contribution < 1.29 is 38.9 Å². The first kappa shape index (κ1) is 29.8. The zero-order chi connectivity index (χ0) is 29.9. The van der Waals surface area contributed by atoms with Gasteiger partial charge in [-0.3, -0.25) is 33.8 Å². The summed E-state index contributed by atoms with van der Waals surface area (Å²) in [6.45, 7) is 0.159. The van der Waals surface area contributed by atoms with Crippen molar-refractivity contribution in [2.45, 2.75) is 54.2 Å². The molecule has 10 nitrogen and oxygen atoms in total. The van der Waals surface area contributed by atoms with Crippen molar-refractivity contribution in [2.24, 2.45) is 17.8 Å². The number of hydrogen-bond acceptors (Lipinski definition) is 7. The molecule has 4 aliphatic rings. The third kappa shape index (κ3) is 4.29. The van der Waals surface area contributed by atoms with Crippen molar-refractivity contribution in [1.82, 2.24) is 9.80 Å². The average Bonchev–Trinajstić information content (AvgIpc) is 3.26. The summed E-state index contributed by atoms with van der Waals surface area (Å²) < 4.78 is 5.30. The molecule has 2 N–H and O–H groups in total. The molecule has 1 saturated carbocycles. The van der Waals surface area contributed by atoms with Gasteiger partial charge in [-0.05, 0) is 37.7 Å². The fourth-order valence-corrected chi connectivity index (χ4v) is 8.46. The number of likely N-dealkylation sites (tertiary alicyclic amines) is 2. The van der Waals surface area contributed by atoms with Crippen molar-refractivity contribution in [3.8, 4) is 11.5 Å². The number of para-hydroxylation sites is 1. The molecule has 0 bridgehead atoms. The second-order valence-corrected chi connectivity index (χ2v) is 12.7.